The smallest absolute Gasteiger partial charge is 0.426 e. The summed E-state index contributed by atoms with van der Waals surface area (Å²) in [5.74, 6) is -0.573. The van der Waals surface area contributed by atoms with Crippen LogP contribution in [0, 0.1) is 0 Å². The maximum atomic E-state index is 11.9. The Bertz CT molecular complexity index is 549. The van der Waals surface area contributed by atoms with Crippen LogP contribution in [0.4, 0.5) is 9.59 Å². The molecule has 118 valence electrons. The number of amides is 3. The zero-order valence-electron chi connectivity index (χ0n) is 11.8. The molecule has 0 radical (unpaired) electrons. The first kappa shape index (κ1) is 15.6. The molecule has 2 rings (SSSR count). The van der Waals surface area contributed by atoms with Gasteiger partial charge in [0.15, 0.2) is 0 Å². The quantitative estimate of drug-likeness (QED) is 0.724. The molecule has 22 heavy (non-hydrogen) atoms. The van der Waals surface area contributed by atoms with Crippen LogP contribution in [-0.2, 0) is 16.1 Å². The van der Waals surface area contributed by atoms with Crippen LogP contribution in [0.3, 0.4) is 0 Å². The number of hydrogen-bond donors (Lipinski definition) is 3. The maximum absolute atomic E-state index is 11.9. The highest BCUT2D eigenvalue weighted by Gasteiger charge is 2.34. The Kier molecular flexibility index (Phi) is 5.18. The second-order valence-electron chi connectivity index (χ2n) is 4.81. The number of nitrogens with one attached hydrogen (secondary N) is 2. The molecule has 0 aromatic heterocycles. The van der Waals surface area contributed by atoms with Crippen molar-refractivity contribution >= 4 is 18.1 Å². The van der Waals surface area contributed by atoms with Crippen molar-refractivity contribution in [3.05, 3.63) is 35.9 Å². The van der Waals surface area contributed by atoms with E-state index in [0.717, 1.165) is 10.5 Å². The predicted octanol–water partition coefficient (Wildman–Crippen LogP) is 1.09. The minimum atomic E-state index is -1.15. The van der Waals surface area contributed by atoms with E-state index in [1.54, 1.807) is 12.1 Å². The molecule has 1 heterocycles. The molecule has 0 aliphatic carbocycles. The third-order valence-corrected chi connectivity index (χ3v) is 3.30. The number of hydrazine groups is 1. The Balaban J connectivity index is 1.74. The van der Waals surface area contributed by atoms with Crippen LogP contribution in [0.15, 0.2) is 30.3 Å². The molecule has 1 unspecified atom stereocenters. The SMILES string of the molecule is O=C(NNC(=O)C1CCCN1C(=O)O)OCc1ccccc1. The van der Waals surface area contributed by atoms with E-state index < -0.39 is 24.1 Å². The van der Waals surface area contributed by atoms with E-state index in [4.69, 9.17) is 9.84 Å². The molecule has 1 fully saturated rings. The van der Waals surface area contributed by atoms with Crippen molar-refractivity contribution in [2.75, 3.05) is 6.54 Å². The summed E-state index contributed by atoms with van der Waals surface area (Å²) >= 11 is 0. The van der Waals surface area contributed by atoms with Gasteiger partial charge in [-0.05, 0) is 18.4 Å². The second-order valence-corrected chi connectivity index (χ2v) is 4.81. The summed E-state index contributed by atoms with van der Waals surface area (Å²) in [4.78, 5) is 35.3. The second kappa shape index (κ2) is 7.30. The lowest BCUT2D eigenvalue weighted by Gasteiger charge is -2.20. The summed E-state index contributed by atoms with van der Waals surface area (Å²) in [6.45, 7) is 0.388. The van der Waals surface area contributed by atoms with Gasteiger partial charge in [-0.1, -0.05) is 30.3 Å². The number of hydrogen-bond acceptors (Lipinski definition) is 4. The molecule has 1 aromatic rings. The first-order chi connectivity index (χ1) is 10.6. The van der Waals surface area contributed by atoms with E-state index >= 15 is 0 Å². The van der Waals surface area contributed by atoms with E-state index in [2.05, 4.69) is 10.9 Å². The lowest BCUT2D eigenvalue weighted by Crippen LogP contribution is -2.51. The van der Waals surface area contributed by atoms with Gasteiger partial charge in [0.1, 0.15) is 12.6 Å². The first-order valence-corrected chi connectivity index (χ1v) is 6.84. The number of carbonyl (C=O) groups excluding carboxylic acids is 2. The maximum Gasteiger partial charge on any atom is 0.426 e. The van der Waals surface area contributed by atoms with Crippen molar-refractivity contribution in [3.8, 4) is 0 Å². The average molecular weight is 307 g/mol. The molecule has 1 aromatic carbocycles. The van der Waals surface area contributed by atoms with Crippen molar-refractivity contribution in [1.29, 1.82) is 0 Å². The average Bonchev–Trinajstić information content (AvgIpc) is 3.01. The molecule has 1 atom stereocenters. The van der Waals surface area contributed by atoms with Crippen LogP contribution < -0.4 is 10.9 Å². The summed E-state index contributed by atoms with van der Waals surface area (Å²) in [5.41, 5.74) is 5.10. The van der Waals surface area contributed by atoms with Crippen LogP contribution in [-0.4, -0.2) is 40.7 Å². The Hall–Kier alpha value is -2.77. The summed E-state index contributed by atoms with van der Waals surface area (Å²) in [6, 6.07) is 8.30. The third kappa shape index (κ3) is 4.11. The van der Waals surface area contributed by atoms with Gasteiger partial charge in [-0.3, -0.25) is 15.1 Å². The summed E-state index contributed by atoms with van der Waals surface area (Å²) < 4.78 is 4.92. The number of likely N-dealkylation sites (tertiary alicyclic amines) is 1. The van der Waals surface area contributed by atoms with E-state index in [1.165, 1.54) is 0 Å². The fourth-order valence-electron chi connectivity index (χ4n) is 2.22. The standard InChI is InChI=1S/C14H17N3O5/c18-12(11-7-4-8-17(11)14(20)21)15-16-13(19)22-9-10-5-2-1-3-6-10/h1-3,5-6,11H,4,7-9H2,(H,15,18)(H,16,19)(H,20,21). The molecule has 3 amide bonds. The summed E-state index contributed by atoms with van der Waals surface area (Å²) in [6.07, 6.45) is -0.914. The largest absolute Gasteiger partial charge is 0.465 e. The number of nitrogens with zero attached hydrogens (tertiary/aromatic N) is 1. The van der Waals surface area contributed by atoms with Crippen molar-refractivity contribution in [3.63, 3.8) is 0 Å². The van der Waals surface area contributed by atoms with Crippen molar-refractivity contribution in [2.24, 2.45) is 0 Å². The molecule has 3 N–H and O–H groups in total. The number of ether oxygens (including phenoxy) is 1. The molecule has 1 saturated heterocycles. The zero-order valence-corrected chi connectivity index (χ0v) is 11.8. The lowest BCUT2D eigenvalue weighted by atomic mass is 10.2. The lowest BCUT2D eigenvalue weighted by molar-refractivity contribution is -0.125. The molecule has 1 aliphatic rings. The molecular formula is C14H17N3O5. The van der Waals surface area contributed by atoms with Gasteiger partial charge in [0.25, 0.3) is 5.91 Å². The molecule has 0 saturated carbocycles. The van der Waals surface area contributed by atoms with E-state index in [1.807, 2.05) is 18.2 Å². The number of benzene rings is 1. The molecule has 8 nitrogen and oxygen atoms in total. The molecule has 0 bridgehead atoms. The van der Waals surface area contributed by atoms with Crippen LogP contribution in [0.5, 0.6) is 0 Å². The zero-order chi connectivity index (χ0) is 15.9. The topological polar surface area (TPSA) is 108 Å². The molecule has 0 spiro atoms. The molecular weight excluding hydrogens is 290 g/mol. The summed E-state index contributed by atoms with van der Waals surface area (Å²) in [5, 5.41) is 8.95. The third-order valence-electron chi connectivity index (χ3n) is 3.30. The number of rotatable bonds is 3. The monoisotopic (exact) mass is 307 g/mol. The number of carbonyl (C=O) groups is 3. The minimum absolute atomic E-state index is 0.0766. The van der Waals surface area contributed by atoms with E-state index in [9.17, 15) is 14.4 Å². The predicted molar refractivity (Wildman–Crippen MR) is 75.7 cm³/mol. The molecule has 8 heteroatoms. The Morgan fingerprint density at radius 1 is 1.23 bits per heavy atom. The van der Waals surface area contributed by atoms with Crippen LogP contribution in [0.2, 0.25) is 0 Å². The Labute approximate surface area is 127 Å². The first-order valence-electron chi connectivity index (χ1n) is 6.84. The van der Waals surface area contributed by atoms with Crippen LogP contribution in [0.25, 0.3) is 0 Å². The fraction of sp³-hybridized carbons (Fsp3) is 0.357. The van der Waals surface area contributed by atoms with Crippen molar-refractivity contribution < 1.29 is 24.2 Å². The highest BCUT2D eigenvalue weighted by atomic mass is 16.6. The summed E-state index contributed by atoms with van der Waals surface area (Å²) in [7, 11) is 0. The van der Waals surface area contributed by atoms with Gasteiger partial charge in [-0.2, -0.15) is 0 Å². The van der Waals surface area contributed by atoms with Gasteiger partial charge in [-0.25, -0.2) is 15.0 Å². The van der Waals surface area contributed by atoms with Crippen molar-refractivity contribution in [1.82, 2.24) is 15.8 Å². The Morgan fingerprint density at radius 3 is 2.64 bits per heavy atom. The van der Waals surface area contributed by atoms with Gasteiger partial charge >= 0.3 is 12.2 Å². The Morgan fingerprint density at radius 2 is 1.95 bits per heavy atom. The van der Waals surface area contributed by atoms with Gasteiger partial charge in [0.2, 0.25) is 0 Å². The molecule has 1 aliphatic heterocycles. The van der Waals surface area contributed by atoms with Gasteiger partial charge < -0.3 is 9.84 Å². The fourth-order valence-corrected chi connectivity index (χ4v) is 2.22. The van der Waals surface area contributed by atoms with E-state index in [-0.39, 0.29) is 6.61 Å². The van der Waals surface area contributed by atoms with Gasteiger partial charge in [-0.15, -0.1) is 0 Å². The number of carboxylic acid groups (broad SMARTS) is 1. The highest BCUT2D eigenvalue weighted by molar-refractivity contribution is 5.87. The van der Waals surface area contributed by atoms with Crippen LogP contribution in [0.1, 0.15) is 18.4 Å². The normalized spacial score (nSPS) is 16.9. The van der Waals surface area contributed by atoms with Crippen molar-refractivity contribution in [2.45, 2.75) is 25.5 Å². The van der Waals surface area contributed by atoms with Gasteiger partial charge in [0, 0.05) is 6.54 Å². The van der Waals surface area contributed by atoms with E-state index in [0.29, 0.717) is 19.4 Å². The van der Waals surface area contributed by atoms with Crippen LogP contribution >= 0.6 is 0 Å². The highest BCUT2D eigenvalue weighted by Crippen LogP contribution is 2.16. The minimum Gasteiger partial charge on any atom is -0.465 e. The van der Waals surface area contributed by atoms with Gasteiger partial charge in [0.05, 0.1) is 0 Å².